The van der Waals surface area contributed by atoms with E-state index in [0.29, 0.717) is 13.0 Å². The van der Waals surface area contributed by atoms with Crippen LogP contribution in [0.25, 0.3) is 5.65 Å². The first kappa shape index (κ1) is 14.3. The van der Waals surface area contributed by atoms with Crippen molar-refractivity contribution in [2.45, 2.75) is 24.9 Å². The van der Waals surface area contributed by atoms with E-state index < -0.39 is 10.0 Å². The summed E-state index contributed by atoms with van der Waals surface area (Å²) in [6.07, 6.45) is 5.35. The van der Waals surface area contributed by atoms with Crippen molar-refractivity contribution in [2.75, 3.05) is 6.54 Å². The minimum absolute atomic E-state index is 0.0763. The number of hydrogen-bond acceptors (Lipinski definition) is 5. The lowest BCUT2D eigenvalue weighted by Gasteiger charge is -2.27. The Hall–Kier alpha value is -2.26. The standard InChI is InChI=1S/C14H16N6O2S/c1-10-5-13-15-6-11-7-19(4-3-12(11)20(13)17-10)23(21,22)14-8-18(2)9-16-14/h5-6,8-9H,3-4,7H2,1-2H3. The van der Waals surface area contributed by atoms with E-state index in [2.05, 4.69) is 15.1 Å². The van der Waals surface area contributed by atoms with Crippen molar-refractivity contribution in [1.29, 1.82) is 0 Å². The second kappa shape index (κ2) is 4.87. The summed E-state index contributed by atoms with van der Waals surface area (Å²) in [5, 5.41) is 4.52. The molecule has 8 nitrogen and oxygen atoms in total. The zero-order chi connectivity index (χ0) is 16.2. The van der Waals surface area contributed by atoms with E-state index >= 15 is 0 Å². The predicted molar refractivity (Wildman–Crippen MR) is 82.2 cm³/mol. The van der Waals surface area contributed by atoms with Gasteiger partial charge in [-0.05, 0) is 6.92 Å². The third-order valence-corrected chi connectivity index (χ3v) is 5.75. The van der Waals surface area contributed by atoms with Gasteiger partial charge in [-0.3, -0.25) is 0 Å². The second-order valence-electron chi connectivity index (χ2n) is 5.75. The fourth-order valence-electron chi connectivity index (χ4n) is 2.89. The summed E-state index contributed by atoms with van der Waals surface area (Å²) < 4.78 is 30.3. The number of rotatable bonds is 2. The van der Waals surface area contributed by atoms with Crippen LogP contribution < -0.4 is 0 Å². The number of fused-ring (bicyclic) bond motifs is 3. The second-order valence-corrected chi connectivity index (χ2v) is 7.64. The van der Waals surface area contributed by atoms with Crippen LogP contribution in [0.15, 0.2) is 29.8 Å². The summed E-state index contributed by atoms with van der Waals surface area (Å²) in [5.41, 5.74) is 3.60. The van der Waals surface area contributed by atoms with E-state index in [1.165, 1.54) is 16.8 Å². The molecule has 0 fully saturated rings. The van der Waals surface area contributed by atoms with Crippen LogP contribution in [0.1, 0.15) is 17.0 Å². The first-order valence-electron chi connectivity index (χ1n) is 7.26. The lowest BCUT2D eigenvalue weighted by Crippen LogP contribution is -2.37. The molecule has 4 rings (SSSR count). The van der Waals surface area contributed by atoms with Crippen molar-refractivity contribution in [3.8, 4) is 0 Å². The topological polar surface area (TPSA) is 85.4 Å². The zero-order valence-corrected chi connectivity index (χ0v) is 13.7. The Morgan fingerprint density at radius 2 is 2.09 bits per heavy atom. The van der Waals surface area contributed by atoms with Crippen molar-refractivity contribution in [3.05, 3.63) is 41.7 Å². The average Bonchev–Trinajstić information content (AvgIpc) is 3.12. The Balaban J connectivity index is 1.73. The summed E-state index contributed by atoms with van der Waals surface area (Å²) >= 11 is 0. The molecular weight excluding hydrogens is 316 g/mol. The number of hydrogen-bond donors (Lipinski definition) is 0. The molecule has 0 unspecified atom stereocenters. The summed E-state index contributed by atoms with van der Waals surface area (Å²) in [7, 11) is -1.84. The molecule has 1 aliphatic heterocycles. The van der Waals surface area contributed by atoms with Gasteiger partial charge in [-0.15, -0.1) is 0 Å². The van der Waals surface area contributed by atoms with E-state index in [1.807, 2.05) is 17.5 Å². The van der Waals surface area contributed by atoms with E-state index in [0.717, 1.165) is 22.6 Å². The number of nitrogens with zero attached hydrogens (tertiary/aromatic N) is 6. The molecule has 0 amide bonds. The van der Waals surface area contributed by atoms with E-state index in [4.69, 9.17) is 0 Å². The van der Waals surface area contributed by atoms with Crippen molar-refractivity contribution >= 4 is 15.7 Å². The third-order valence-electron chi connectivity index (χ3n) is 4.02. The van der Waals surface area contributed by atoms with Crippen LogP contribution in [0.2, 0.25) is 0 Å². The maximum atomic E-state index is 12.7. The van der Waals surface area contributed by atoms with Gasteiger partial charge in [0.25, 0.3) is 10.0 Å². The Morgan fingerprint density at radius 1 is 1.26 bits per heavy atom. The molecule has 0 bridgehead atoms. The molecule has 3 aromatic rings. The molecule has 0 N–H and O–H groups in total. The highest BCUT2D eigenvalue weighted by molar-refractivity contribution is 7.89. The van der Waals surface area contributed by atoms with Gasteiger partial charge in [0.15, 0.2) is 10.7 Å². The van der Waals surface area contributed by atoms with E-state index in [-0.39, 0.29) is 11.6 Å². The molecule has 9 heteroatoms. The highest BCUT2D eigenvalue weighted by Gasteiger charge is 2.31. The van der Waals surface area contributed by atoms with Gasteiger partial charge in [-0.25, -0.2) is 22.9 Å². The summed E-state index contributed by atoms with van der Waals surface area (Å²) in [6.45, 7) is 2.61. The van der Waals surface area contributed by atoms with Crippen LogP contribution in [0, 0.1) is 6.92 Å². The molecule has 1 aliphatic rings. The smallest absolute Gasteiger partial charge is 0.262 e. The van der Waals surface area contributed by atoms with Crippen molar-refractivity contribution < 1.29 is 8.42 Å². The molecule has 0 atom stereocenters. The molecule has 0 aromatic carbocycles. The van der Waals surface area contributed by atoms with E-state index in [1.54, 1.807) is 17.8 Å². The molecule has 0 spiro atoms. The molecule has 0 radical (unpaired) electrons. The van der Waals surface area contributed by atoms with Gasteiger partial charge in [0, 0.05) is 50.6 Å². The summed E-state index contributed by atoms with van der Waals surface area (Å²) in [5.74, 6) is 0. The van der Waals surface area contributed by atoms with Crippen molar-refractivity contribution in [2.24, 2.45) is 7.05 Å². The first-order chi connectivity index (χ1) is 10.9. The lowest BCUT2D eigenvalue weighted by molar-refractivity contribution is 0.382. The number of aromatic nitrogens is 5. The minimum Gasteiger partial charge on any atom is -0.339 e. The normalized spacial score (nSPS) is 15.9. The van der Waals surface area contributed by atoms with Gasteiger partial charge in [0.2, 0.25) is 0 Å². The van der Waals surface area contributed by atoms with Crippen LogP contribution in [0.5, 0.6) is 0 Å². The van der Waals surface area contributed by atoms with Gasteiger partial charge >= 0.3 is 0 Å². The molecule has 0 aliphatic carbocycles. The lowest BCUT2D eigenvalue weighted by atomic mass is 10.1. The molecule has 0 saturated heterocycles. The number of sulfonamides is 1. The number of imidazole rings is 1. The first-order valence-corrected chi connectivity index (χ1v) is 8.70. The van der Waals surface area contributed by atoms with Gasteiger partial charge in [-0.2, -0.15) is 9.40 Å². The fourth-order valence-corrected chi connectivity index (χ4v) is 4.27. The molecule has 23 heavy (non-hydrogen) atoms. The van der Waals surface area contributed by atoms with Gasteiger partial charge in [0.1, 0.15) is 0 Å². The van der Waals surface area contributed by atoms with Crippen molar-refractivity contribution in [3.63, 3.8) is 0 Å². The fraction of sp³-hybridized carbons (Fsp3) is 0.357. The number of aryl methyl sites for hydroxylation is 2. The van der Waals surface area contributed by atoms with Crippen LogP contribution in [-0.2, 0) is 30.0 Å². The third kappa shape index (κ3) is 2.23. The average molecular weight is 332 g/mol. The van der Waals surface area contributed by atoms with Crippen molar-refractivity contribution in [1.82, 2.24) is 28.5 Å². The highest BCUT2D eigenvalue weighted by Crippen LogP contribution is 2.24. The summed E-state index contributed by atoms with van der Waals surface area (Å²) in [6, 6.07) is 1.91. The Morgan fingerprint density at radius 3 is 2.83 bits per heavy atom. The highest BCUT2D eigenvalue weighted by atomic mass is 32.2. The quantitative estimate of drug-likeness (QED) is 0.683. The Bertz CT molecular complexity index is 1000. The van der Waals surface area contributed by atoms with E-state index in [9.17, 15) is 8.42 Å². The molecule has 4 heterocycles. The SMILES string of the molecule is Cc1cc2ncc3c(n2n1)CCN(S(=O)(=O)c1cn(C)cn1)C3. The largest absolute Gasteiger partial charge is 0.339 e. The van der Waals surface area contributed by atoms with Crippen LogP contribution in [0.3, 0.4) is 0 Å². The molecule has 120 valence electrons. The monoisotopic (exact) mass is 332 g/mol. The maximum Gasteiger partial charge on any atom is 0.262 e. The summed E-state index contributed by atoms with van der Waals surface area (Å²) in [4.78, 5) is 8.34. The molecular formula is C14H16N6O2S. The molecule has 0 saturated carbocycles. The van der Waals surface area contributed by atoms with Crippen LogP contribution >= 0.6 is 0 Å². The zero-order valence-electron chi connectivity index (χ0n) is 12.8. The molecule has 3 aromatic heterocycles. The Labute approximate surface area is 133 Å². The van der Waals surface area contributed by atoms with Gasteiger partial charge in [0.05, 0.1) is 17.7 Å². The minimum atomic E-state index is -3.59. The predicted octanol–water partition coefficient (Wildman–Crippen LogP) is 0.518. The van der Waals surface area contributed by atoms with Crippen LogP contribution in [-0.4, -0.2) is 43.4 Å². The Kier molecular flexibility index (Phi) is 3.03. The van der Waals surface area contributed by atoms with Gasteiger partial charge in [-0.1, -0.05) is 0 Å². The maximum absolute atomic E-state index is 12.7. The van der Waals surface area contributed by atoms with Gasteiger partial charge < -0.3 is 4.57 Å². The van der Waals surface area contributed by atoms with Crippen LogP contribution in [0.4, 0.5) is 0 Å².